The fourth-order valence-electron chi connectivity index (χ4n) is 3.30. The molecule has 0 amide bonds. The summed E-state index contributed by atoms with van der Waals surface area (Å²) < 4.78 is 0. The molecule has 0 saturated carbocycles. The van der Waals surface area contributed by atoms with E-state index >= 15 is 0 Å². The Labute approximate surface area is 168 Å². The van der Waals surface area contributed by atoms with Crippen molar-refractivity contribution in [3.8, 4) is 0 Å². The number of aliphatic hydroxyl groups is 1. The maximum atomic E-state index is 7.00. The Morgan fingerprint density at radius 2 is 1.63 bits per heavy atom. The first-order chi connectivity index (χ1) is 13.1. The molecule has 0 aromatic heterocycles. The summed E-state index contributed by atoms with van der Waals surface area (Å²) in [5, 5.41) is 9.30. The van der Waals surface area contributed by atoms with Crippen LogP contribution < -0.4 is 10.6 Å². The lowest BCUT2D eigenvalue weighted by molar-refractivity contribution is 0.328. The number of rotatable bonds is 0. The molecular formula is C25H43NO. The van der Waals surface area contributed by atoms with Crippen molar-refractivity contribution in [1.82, 2.24) is 0 Å². The van der Waals surface area contributed by atoms with Gasteiger partial charge in [0.2, 0.25) is 0 Å². The lowest BCUT2D eigenvalue weighted by atomic mass is 9.71. The van der Waals surface area contributed by atoms with Crippen molar-refractivity contribution >= 4 is 6.58 Å². The van der Waals surface area contributed by atoms with Gasteiger partial charge in [-0.3, -0.25) is 4.99 Å². The van der Waals surface area contributed by atoms with Gasteiger partial charge >= 0.3 is 0 Å². The van der Waals surface area contributed by atoms with Crippen LogP contribution in [-0.4, -0.2) is 18.3 Å². The van der Waals surface area contributed by atoms with Gasteiger partial charge in [0.15, 0.2) is 0 Å². The molecule has 0 saturated heterocycles. The third-order valence-electron chi connectivity index (χ3n) is 4.58. The number of benzene rings is 1. The van der Waals surface area contributed by atoms with E-state index in [0.717, 1.165) is 12.3 Å². The first kappa shape index (κ1) is 27.5. The quantitative estimate of drug-likeness (QED) is 0.573. The average molecular weight is 374 g/mol. The summed E-state index contributed by atoms with van der Waals surface area (Å²) >= 11 is 0. The highest BCUT2D eigenvalue weighted by molar-refractivity contribution is 5.29. The van der Waals surface area contributed by atoms with Gasteiger partial charge in [0, 0.05) is 7.11 Å². The van der Waals surface area contributed by atoms with E-state index in [1.807, 2.05) is 53.7 Å². The molecule has 0 spiro atoms. The Hall–Kier alpha value is -1.67. The molecule has 154 valence electrons. The number of hydrogen-bond donors (Lipinski definition) is 1. The first-order valence-electron chi connectivity index (χ1n) is 10.4. The minimum atomic E-state index is 0.451. The molecule has 2 nitrogen and oxygen atoms in total. The number of allylic oxidation sites excluding steroid dienone is 4. The molecule has 27 heavy (non-hydrogen) atoms. The van der Waals surface area contributed by atoms with Gasteiger partial charge in [0.05, 0.1) is 11.4 Å². The van der Waals surface area contributed by atoms with Crippen molar-refractivity contribution in [2.45, 2.75) is 80.2 Å². The summed E-state index contributed by atoms with van der Waals surface area (Å²) in [5.41, 5.74) is 2.95. The molecule has 1 aromatic carbocycles. The third-order valence-corrected chi connectivity index (χ3v) is 4.58. The predicted molar refractivity (Wildman–Crippen MR) is 123 cm³/mol. The zero-order chi connectivity index (χ0) is 21.4. The molecule has 0 bridgehead atoms. The van der Waals surface area contributed by atoms with E-state index in [1.165, 1.54) is 29.3 Å². The summed E-state index contributed by atoms with van der Waals surface area (Å²) in [4.78, 5) is 4.85. The van der Waals surface area contributed by atoms with Crippen LogP contribution in [0.5, 0.6) is 0 Å². The van der Waals surface area contributed by atoms with Crippen LogP contribution in [0.25, 0.3) is 6.58 Å². The molecule has 1 aliphatic carbocycles. The Kier molecular flexibility index (Phi) is 16.8. The van der Waals surface area contributed by atoms with Crippen LogP contribution in [-0.2, 0) is 0 Å². The second-order valence-electron chi connectivity index (χ2n) is 6.19. The van der Waals surface area contributed by atoms with E-state index < -0.39 is 0 Å². The fourth-order valence-corrected chi connectivity index (χ4v) is 3.30. The second kappa shape index (κ2) is 16.5. The summed E-state index contributed by atoms with van der Waals surface area (Å²) in [7, 11) is 1.00. The van der Waals surface area contributed by atoms with Crippen LogP contribution >= 0.6 is 0 Å². The molecule has 2 heteroatoms. The smallest absolute Gasteiger partial charge is 0.0613 e. The third kappa shape index (κ3) is 8.71. The van der Waals surface area contributed by atoms with E-state index in [0.29, 0.717) is 17.9 Å². The van der Waals surface area contributed by atoms with Crippen LogP contribution in [0, 0.1) is 5.92 Å². The minimum absolute atomic E-state index is 0.451. The molecule has 0 radical (unpaired) electrons. The molecule has 3 unspecified atom stereocenters. The van der Waals surface area contributed by atoms with Crippen LogP contribution in [0.2, 0.25) is 0 Å². The number of hydrogen-bond acceptors (Lipinski definition) is 2. The van der Waals surface area contributed by atoms with Crippen molar-refractivity contribution in [2.24, 2.45) is 10.9 Å². The zero-order valence-corrected chi connectivity index (χ0v) is 19.2. The molecule has 1 aliphatic heterocycles. The standard InChI is InChI=1S/C16H19N.C4H8.2C2H6.CH4O/c1-10-4-6-13-14(8-10)12(3)17-16-7-5-11(2)9-15(13)16;1-3-4-2;3*1-2/h4-5,7,9,12-14H,2,6,8H2,1,3H3;3-4H,1-2H3;2*1-2H3;2H,1H3/b;4-3-;;;. The van der Waals surface area contributed by atoms with Crippen LogP contribution in [0.1, 0.15) is 79.7 Å². The van der Waals surface area contributed by atoms with Crippen molar-refractivity contribution < 1.29 is 5.11 Å². The molecule has 3 rings (SSSR count). The summed E-state index contributed by atoms with van der Waals surface area (Å²) in [6.45, 7) is 20.6. The number of fused-ring (bicyclic) bond motifs is 3. The van der Waals surface area contributed by atoms with Crippen LogP contribution in [0.4, 0.5) is 0 Å². The molecule has 1 aromatic rings. The monoisotopic (exact) mass is 373 g/mol. The first-order valence-corrected chi connectivity index (χ1v) is 10.4. The van der Waals surface area contributed by atoms with Crippen molar-refractivity contribution in [2.75, 3.05) is 7.11 Å². The highest BCUT2D eigenvalue weighted by Gasteiger charge is 2.33. The van der Waals surface area contributed by atoms with Gasteiger partial charge in [-0.2, -0.15) is 0 Å². The summed E-state index contributed by atoms with van der Waals surface area (Å²) in [5.74, 6) is 1.34. The van der Waals surface area contributed by atoms with E-state index in [1.54, 1.807) is 0 Å². The molecule has 2 aliphatic rings. The van der Waals surface area contributed by atoms with Gasteiger partial charge in [0.1, 0.15) is 0 Å². The van der Waals surface area contributed by atoms with Gasteiger partial charge in [-0.25, -0.2) is 0 Å². The largest absolute Gasteiger partial charge is 0.400 e. The SMILES string of the molecule is C/C=C\C.C=c1ccc2c(c1)C1CC=C(C)CC1C(C)N=2.CC.CC.CO. The summed E-state index contributed by atoms with van der Waals surface area (Å²) in [6, 6.07) is 6.89. The second-order valence-corrected chi connectivity index (χ2v) is 6.19. The number of aliphatic hydroxyl groups excluding tert-OH is 1. The lowest BCUT2D eigenvalue weighted by Gasteiger charge is -2.36. The van der Waals surface area contributed by atoms with E-state index in [4.69, 9.17) is 10.1 Å². The average Bonchev–Trinajstić information content (AvgIpc) is 2.73. The van der Waals surface area contributed by atoms with Crippen molar-refractivity contribution in [3.05, 3.63) is 58.1 Å². The van der Waals surface area contributed by atoms with Gasteiger partial charge in [-0.05, 0) is 75.3 Å². The lowest BCUT2D eigenvalue weighted by Crippen LogP contribution is -2.36. The van der Waals surface area contributed by atoms with Gasteiger partial charge in [-0.1, -0.05) is 64.1 Å². The Morgan fingerprint density at radius 1 is 1.07 bits per heavy atom. The fraction of sp³-hybridized carbons (Fsp3) is 0.560. The van der Waals surface area contributed by atoms with Crippen LogP contribution in [0.3, 0.4) is 0 Å². The molecule has 3 atom stereocenters. The highest BCUT2D eigenvalue weighted by Crippen LogP contribution is 2.40. The highest BCUT2D eigenvalue weighted by atomic mass is 16.2. The molecule has 1 N–H and O–H groups in total. The van der Waals surface area contributed by atoms with Crippen molar-refractivity contribution in [3.63, 3.8) is 0 Å². The topological polar surface area (TPSA) is 32.6 Å². The van der Waals surface area contributed by atoms with E-state index in [-0.39, 0.29) is 0 Å². The van der Waals surface area contributed by atoms with E-state index in [9.17, 15) is 0 Å². The van der Waals surface area contributed by atoms with Gasteiger partial charge in [-0.15, -0.1) is 0 Å². The molecule has 1 heterocycles. The van der Waals surface area contributed by atoms with Crippen molar-refractivity contribution in [1.29, 1.82) is 0 Å². The Bertz CT molecular complexity index is 653. The maximum Gasteiger partial charge on any atom is 0.0613 e. The van der Waals surface area contributed by atoms with Crippen LogP contribution in [0.15, 0.2) is 47.0 Å². The zero-order valence-electron chi connectivity index (χ0n) is 19.2. The Balaban J connectivity index is 0. The molecule has 0 fully saturated rings. The normalized spacial score (nSPS) is 21.6. The van der Waals surface area contributed by atoms with E-state index in [2.05, 4.69) is 44.7 Å². The molecular weight excluding hydrogens is 330 g/mol. The van der Waals surface area contributed by atoms with Gasteiger partial charge in [0.25, 0.3) is 0 Å². The maximum absolute atomic E-state index is 7.00. The minimum Gasteiger partial charge on any atom is -0.400 e. The Morgan fingerprint density at radius 3 is 2.15 bits per heavy atom. The predicted octanol–water partition coefficient (Wildman–Crippen LogP) is 5.80. The van der Waals surface area contributed by atoms with Gasteiger partial charge < -0.3 is 5.11 Å². The summed E-state index contributed by atoms with van der Waals surface area (Å²) in [6.07, 6.45) is 8.78. The number of nitrogens with zero attached hydrogens (tertiary/aromatic N) is 1.